The lowest BCUT2D eigenvalue weighted by Crippen LogP contribution is -2.37. The molecule has 2 amide bonds. The van der Waals surface area contributed by atoms with Crippen LogP contribution in [0.4, 0.5) is 10.1 Å². The summed E-state index contributed by atoms with van der Waals surface area (Å²) < 4.78 is 13.1. The van der Waals surface area contributed by atoms with Gasteiger partial charge in [-0.1, -0.05) is 0 Å². The van der Waals surface area contributed by atoms with Gasteiger partial charge in [0, 0.05) is 32.4 Å². The van der Waals surface area contributed by atoms with E-state index in [4.69, 9.17) is 5.73 Å². The number of hydrogen-bond acceptors (Lipinski definition) is 3. The summed E-state index contributed by atoms with van der Waals surface area (Å²) in [5, 5.41) is 0. The van der Waals surface area contributed by atoms with Gasteiger partial charge < -0.3 is 15.5 Å². The third kappa shape index (κ3) is 3.44. The number of halogens is 1. The number of anilines is 1. The SMILES string of the molecule is CN(C)C(=O)CN(C)C(=O)c1cc(N)cc(F)c1. The molecule has 98 valence electrons. The van der Waals surface area contributed by atoms with Gasteiger partial charge in [-0.3, -0.25) is 9.59 Å². The standard InChI is InChI=1S/C12H16FN3O2/c1-15(2)11(17)7-16(3)12(18)8-4-9(13)6-10(14)5-8/h4-6H,7,14H2,1-3H3. The Morgan fingerprint density at radius 3 is 2.33 bits per heavy atom. The smallest absolute Gasteiger partial charge is 0.254 e. The van der Waals surface area contributed by atoms with E-state index in [9.17, 15) is 14.0 Å². The largest absolute Gasteiger partial charge is 0.399 e. The van der Waals surface area contributed by atoms with Crippen molar-refractivity contribution in [1.29, 1.82) is 0 Å². The zero-order valence-corrected chi connectivity index (χ0v) is 10.6. The van der Waals surface area contributed by atoms with Gasteiger partial charge in [0.15, 0.2) is 0 Å². The summed E-state index contributed by atoms with van der Waals surface area (Å²) in [6.45, 7) is -0.0672. The van der Waals surface area contributed by atoms with E-state index >= 15 is 0 Å². The molecule has 0 spiro atoms. The van der Waals surface area contributed by atoms with E-state index in [1.54, 1.807) is 14.1 Å². The van der Waals surface area contributed by atoms with Crippen LogP contribution in [0.5, 0.6) is 0 Å². The number of nitrogens with two attached hydrogens (primary N) is 1. The van der Waals surface area contributed by atoms with Crippen LogP contribution in [0.25, 0.3) is 0 Å². The Morgan fingerprint density at radius 1 is 1.22 bits per heavy atom. The molecule has 6 heteroatoms. The van der Waals surface area contributed by atoms with Gasteiger partial charge in [-0.2, -0.15) is 0 Å². The predicted octanol–water partition coefficient (Wildman–Crippen LogP) is 0.568. The molecule has 0 aliphatic heterocycles. The molecule has 0 heterocycles. The zero-order valence-electron chi connectivity index (χ0n) is 10.6. The Morgan fingerprint density at radius 2 is 1.83 bits per heavy atom. The highest BCUT2D eigenvalue weighted by molar-refractivity contribution is 5.97. The molecule has 0 bridgehead atoms. The lowest BCUT2D eigenvalue weighted by atomic mass is 10.1. The molecule has 0 radical (unpaired) electrons. The van der Waals surface area contributed by atoms with E-state index in [1.807, 2.05) is 0 Å². The second-order valence-electron chi connectivity index (χ2n) is 4.22. The molecule has 0 aliphatic rings. The molecule has 1 rings (SSSR count). The van der Waals surface area contributed by atoms with Crippen LogP contribution in [0.3, 0.4) is 0 Å². The van der Waals surface area contributed by atoms with Crippen LogP contribution in [0.15, 0.2) is 18.2 Å². The lowest BCUT2D eigenvalue weighted by molar-refractivity contribution is -0.129. The van der Waals surface area contributed by atoms with Crippen molar-refractivity contribution in [1.82, 2.24) is 9.80 Å². The van der Waals surface area contributed by atoms with Gasteiger partial charge in [-0.15, -0.1) is 0 Å². The normalized spacial score (nSPS) is 10.0. The van der Waals surface area contributed by atoms with Gasteiger partial charge in [0.05, 0.1) is 6.54 Å². The Labute approximate surface area is 105 Å². The third-order valence-corrected chi connectivity index (χ3v) is 2.38. The summed E-state index contributed by atoms with van der Waals surface area (Å²) in [5.41, 5.74) is 5.76. The second kappa shape index (κ2) is 5.48. The first-order chi connectivity index (χ1) is 8.31. The number of benzene rings is 1. The molecule has 1 aromatic rings. The maximum atomic E-state index is 13.1. The number of amides is 2. The fourth-order valence-corrected chi connectivity index (χ4v) is 1.37. The van der Waals surface area contributed by atoms with Crippen molar-refractivity contribution in [3.8, 4) is 0 Å². The highest BCUT2D eigenvalue weighted by Crippen LogP contribution is 2.12. The van der Waals surface area contributed by atoms with Crippen LogP contribution < -0.4 is 5.73 Å². The number of carbonyl (C=O) groups is 2. The molecule has 0 atom stereocenters. The molecule has 0 saturated heterocycles. The fourth-order valence-electron chi connectivity index (χ4n) is 1.37. The van der Waals surface area contributed by atoms with Crippen LogP contribution >= 0.6 is 0 Å². The molecular weight excluding hydrogens is 237 g/mol. The van der Waals surface area contributed by atoms with E-state index in [-0.39, 0.29) is 23.7 Å². The first kappa shape index (κ1) is 14.0. The average Bonchev–Trinajstić information content (AvgIpc) is 2.26. The maximum Gasteiger partial charge on any atom is 0.254 e. The Kier molecular flexibility index (Phi) is 4.25. The minimum atomic E-state index is -0.578. The summed E-state index contributed by atoms with van der Waals surface area (Å²) in [6.07, 6.45) is 0. The zero-order chi connectivity index (χ0) is 13.9. The molecule has 18 heavy (non-hydrogen) atoms. The number of carbonyl (C=O) groups excluding carboxylic acids is 2. The lowest BCUT2D eigenvalue weighted by Gasteiger charge is -2.19. The topological polar surface area (TPSA) is 66.6 Å². The van der Waals surface area contributed by atoms with Crippen molar-refractivity contribution >= 4 is 17.5 Å². The monoisotopic (exact) mass is 253 g/mol. The van der Waals surface area contributed by atoms with E-state index in [0.29, 0.717) is 0 Å². The molecule has 1 aromatic carbocycles. The summed E-state index contributed by atoms with van der Waals surface area (Å²) in [5.74, 6) is -1.24. The maximum absolute atomic E-state index is 13.1. The Bertz CT molecular complexity index is 454. The van der Waals surface area contributed by atoms with E-state index in [1.165, 1.54) is 22.9 Å². The average molecular weight is 253 g/mol. The number of likely N-dealkylation sites (N-methyl/N-ethyl adjacent to an activating group) is 2. The summed E-state index contributed by atoms with van der Waals surface area (Å²) >= 11 is 0. The van der Waals surface area contributed by atoms with Gasteiger partial charge in [0.1, 0.15) is 5.82 Å². The summed E-state index contributed by atoms with van der Waals surface area (Å²) in [4.78, 5) is 26.0. The third-order valence-electron chi connectivity index (χ3n) is 2.38. The molecule has 0 saturated carbocycles. The molecule has 0 unspecified atom stereocenters. The van der Waals surface area contributed by atoms with Gasteiger partial charge in [0.2, 0.25) is 5.91 Å². The van der Waals surface area contributed by atoms with Crippen molar-refractivity contribution in [2.24, 2.45) is 0 Å². The van der Waals surface area contributed by atoms with E-state index in [0.717, 1.165) is 12.1 Å². The quantitative estimate of drug-likeness (QED) is 0.801. The molecule has 2 N–H and O–H groups in total. The summed E-state index contributed by atoms with van der Waals surface area (Å²) in [7, 11) is 4.67. The van der Waals surface area contributed by atoms with Crippen molar-refractivity contribution in [3.05, 3.63) is 29.6 Å². The van der Waals surface area contributed by atoms with Gasteiger partial charge in [0.25, 0.3) is 5.91 Å². The van der Waals surface area contributed by atoms with Crippen LogP contribution in [0.2, 0.25) is 0 Å². The highest BCUT2D eigenvalue weighted by Gasteiger charge is 2.16. The predicted molar refractivity (Wildman–Crippen MR) is 66.5 cm³/mol. The van der Waals surface area contributed by atoms with Crippen molar-refractivity contribution < 1.29 is 14.0 Å². The minimum absolute atomic E-state index is 0.0672. The first-order valence-electron chi connectivity index (χ1n) is 5.33. The minimum Gasteiger partial charge on any atom is -0.399 e. The van der Waals surface area contributed by atoms with E-state index < -0.39 is 11.7 Å². The van der Waals surface area contributed by atoms with Gasteiger partial charge in [-0.25, -0.2) is 4.39 Å². The number of nitrogens with zero attached hydrogens (tertiary/aromatic N) is 2. The number of nitrogen functional groups attached to an aromatic ring is 1. The second-order valence-corrected chi connectivity index (χ2v) is 4.22. The number of rotatable bonds is 3. The molecule has 0 aliphatic carbocycles. The Hall–Kier alpha value is -2.11. The van der Waals surface area contributed by atoms with Crippen LogP contribution in [-0.2, 0) is 4.79 Å². The molecule has 0 aromatic heterocycles. The molecule has 5 nitrogen and oxygen atoms in total. The first-order valence-corrected chi connectivity index (χ1v) is 5.33. The van der Waals surface area contributed by atoms with Crippen molar-refractivity contribution in [3.63, 3.8) is 0 Å². The molecular formula is C12H16FN3O2. The van der Waals surface area contributed by atoms with Gasteiger partial charge >= 0.3 is 0 Å². The number of hydrogen-bond donors (Lipinski definition) is 1. The van der Waals surface area contributed by atoms with Crippen LogP contribution in [-0.4, -0.2) is 49.3 Å². The van der Waals surface area contributed by atoms with Crippen molar-refractivity contribution in [2.75, 3.05) is 33.4 Å². The van der Waals surface area contributed by atoms with Crippen LogP contribution in [0.1, 0.15) is 10.4 Å². The van der Waals surface area contributed by atoms with E-state index in [2.05, 4.69) is 0 Å². The van der Waals surface area contributed by atoms with Crippen molar-refractivity contribution in [2.45, 2.75) is 0 Å². The van der Waals surface area contributed by atoms with Crippen LogP contribution in [0, 0.1) is 5.82 Å². The fraction of sp³-hybridized carbons (Fsp3) is 0.333. The highest BCUT2D eigenvalue weighted by atomic mass is 19.1. The Balaban J connectivity index is 2.83. The molecule has 0 fully saturated rings. The summed E-state index contributed by atoms with van der Waals surface area (Å²) in [6, 6.07) is 3.60. The van der Waals surface area contributed by atoms with Gasteiger partial charge in [-0.05, 0) is 18.2 Å².